The summed E-state index contributed by atoms with van der Waals surface area (Å²) in [5, 5.41) is 6.64. The van der Waals surface area contributed by atoms with Gasteiger partial charge in [0, 0.05) is 12.1 Å². The van der Waals surface area contributed by atoms with Crippen molar-refractivity contribution in [2.75, 3.05) is 27.9 Å². The van der Waals surface area contributed by atoms with Crippen LogP contribution in [0.2, 0.25) is 0 Å². The van der Waals surface area contributed by atoms with E-state index in [0.29, 0.717) is 35.9 Å². The number of amides is 1. The van der Waals surface area contributed by atoms with Crippen LogP contribution in [-0.4, -0.2) is 43.9 Å². The molecule has 0 fully saturated rings. The zero-order valence-electron chi connectivity index (χ0n) is 15.9. The molecule has 0 aliphatic heterocycles. The van der Waals surface area contributed by atoms with Crippen molar-refractivity contribution >= 4 is 5.91 Å². The number of hydrogen-bond acceptors (Lipinski definition) is 7. The number of methoxy groups -OCH3 is 3. The summed E-state index contributed by atoms with van der Waals surface area (Å²) >= 11 is 0. The fraction of sp³-hybridized carbons (Fsp3) is 0.250. The van der Waals surface area contributed by atoms with Gasteiger partial charge in [0.2, 0.25) is 5.82 Å². The van der Waals surface area contributed by atoms with Crippen LogP contribution in [0.1, 0.15) is 16.2 Å². The third-order valence-corrected chi connectivity index (χ3v) is 4.12. The van der Waals surface area contributed by atoms with Gasteiger partial charge in [-0.1, -0.05) is 17.3 Å². The summed E-state index contributed by atoms with van der Waals surface area (Å²) in [6.45, 7) is 0.444. The molecule has 0 saturated heterocycles. The van der Waals surface area contributed by atoms with Crippen molar-refractivity contribution in [3.05, 3.63) is 53.9 Å². The van der Waals surface area contributed by atoms with Crippen molar-refractivity contribution in [2.45, 2.75) is 6.42 Å². The Morgan fingerprint density at radius 2 is 1.75 bits per heavy atom. The molecular formula is C20H21N3O5. The molecular weight excluding hydrogens is 362 g/mol. The molecule has 3 rings (SSSR count). The van der Waals surface area contributed by atoms with Crippen molar-refractivity contribution in [1.82, 2.24) is 15.5 Å². The fourth-order valence-corrected chi connectivity index (χ4v) is 2.60. The van der Waals surface area contributed by atoms with Gasteiger partial charge in [-0.3, -0.25) is 4.79 Å². The average molecular weight is 383 g/mol. The Balaban J connectivity index is 1.60. The number of rotatable bonds is 8. The molecule has 1 aromatic heterocycles. The van der Waals surface area contributed by atoms with Crippen molar-refractivity contribution in [3.63, 3.8) is 0 Å². The minimum Gasteiger partial charge on any atom is -0.497 e. The third kappa shape index (κ3) is 4.40. The third-order valence-electron chi connectivity index (χ3n) is 4.12. The number of carbonyl (C=O) groups is 1. The highest BCUT2D eigenvalue weighted by molar-refractivity contribution is 5.89. The van der Waals surface area contributed by atoms with E-state index in [1.165, 1.54) is 0 Å². The minimum absolute atomic E-state index is 0.0977. The second-order valence-corrected chi connectivity index (χ2v) is 5.85. The normalized spacial score (nSPS) is 10.4. The van der Waals surface area contributed by atoms with Gasteiger partial charge in [0.1, 0.15) is 5.75 Å². The quantitative estimate of drug-likeness (QED) is 0.639. The number of carbonyl (C=O) groups excluding carboxylic acids is 1. The standard InChI is InChI=1S/C20H21N3O5/c1-25-15-7-4-13(5-8-15)10-11-21-19(24)20-22-18(23-28-20)14-6-9-16(26-2)17(12-14)27-3/h4-9,12H,10-11H2,1-3H3,(H,21,24). The van der Waals surface area contributed by atoms with Gasteiger partial charge in [-0.05, 0) is 42.3 Å². The smallest absolute Gasteiger partial charge is 0.316 e. The molecule has 8 nitrogen and oxygen atoms in total. The lowest BCUT2D eigenvalue weighted by atomic mass is 10.1. The topological polar surface area (TPSA) is 95.7 Å². The number of aromatic nitrogens is 2. The van der Waals surface area contributed by atoms with Crippen LogP contribution < -0.4 is 19.5 Å². The summed E-state index contributed by atoms with van der Waals surface area (Å²) < 4.78 is 20.7. The van der Waals surface area contributed by atoms with E-state index in [1.807, 2.05) is 24.3 Å². The first-order valence-electron chi connectivity index (χ1n) is 8.62. The highest BCUT2D eigenvalue weighted by atomic mass is 16.5. The van der Waals surface area contributed by atoms with Crippen LogP contribution >= 0.6 is 0 Å². The Morgan fingerprint density at radius 3 is 2.43 bits per heavy atom. The maximum absolute atomic E-state index is 12.2. The van der Waals surface area contributed by atoms with Crippen LogP contribution in [0.3, 0.4) is 0 Å². The number of nitrogens with one attached hydrogen (secondary N) is 1. The average Bonchev–Trinajstić information content (AvgIpc) is 3.24. The Kier molecular flexibility index (Phi) is 6.11. The molecule has 1 amide bonds. The summed E-state index contributed by atoms with van der Waals surface area (Å²) in [5.41, 5.74) is 1.73. The number of hydrogen-bond donors (Lipinski definition) is 1. The molecule has 0 unspecified atom stereocenters. The van der Waals surface area contributed by atoms with Gasteiger partial charge in [0.25, 0.3) is 0 Å². The molecule has 146 valence electrons. The van der Waals surface area contributed by atoms with Crippen LogP contribution in [0, 0.1) is 0 Å². The van der Waals surface area contributed by atoms with Gasteiger partial charge in [0.15, 0.2) is 11.5 Å². The van der Waals surface area contributed by atoms with Crippen molar-refractivity contribution in [3.8, 4) is 28.6 Å². The van der Waals surface area contributed by atoms with E-state index < -0.39 is 5.91 Å². The Labute approximate surface area is 162 Å². The van der Waals surface area contributed by atoms with Gasteiger partial charge >= 0.3 is 11.8 Å². The summed E-state index contributed by atoms with van der Waals surface area (Å²) in [6.07, 6.45) is 0.673. The summed E-state index contributed by atoms with van der Waals surface area (Å²) in [5.74, 6) is 1.69. The second kappa shape index (κ2) is 8.90. The maximum atomic E-state index is 12.2. The van der Waals surface area contributed by atoms with E-state index >= 15 is 0 Å². The molecule has 0 bridgehead atoms. The van der Waals surface area contributed by atoms with Gasteiger partial charge in [-0.15, -0.1) is 0 Å². The second-order valence-electron chi connectivity index (χ2n) is 5.85. The SMILES string of the molecule is COc1ccc(CCNC(=O)c2nc(-c3ccc(OC)c(OC)c3)no2)cc1. The molecule has 2 aromatic carbocycles. The van der Waals surface area contributed by atoms with E-state index in [4.69, 9.17) is 18.7 Å². The lowest BCUT2D eigenvalue weighted by molar-refractivity contribution is 0.0910. The van der Waals surface area contributed by atoms with Crippen LogP contribution in [0.5, 0.6) is 17.2 Å². The zero-order valence-corrected chi connectivity index (χ0v) is 15.9. The molecule has 1 heterocycles. The van der Waals surface area contributed by atoms with Crippen molar-refractivity contribution in [2.24, 2.45) is 0 Å². The van der Waals surface area contributed by atoms with E-state index in [2.05, 4.69) is 15.5 Å². The number of nitrogens with zero attached hydrogens (tertiary/aromatic N) is 2. The molecule has 0 aliphatic rings. The Bertz CT molecular complexity index is 937. The van der Waals surface area contributed by atoms with E-state index in [9.17, 15) is 4.79 Å². The Hall–Kier alpha value is -3.55. The lowest BCUT2D eigenvalue weighted by Gasteiger charge is -2.07. The van der Waals surface area contributed by atoms with Crippen molar-refractivity contribution in [1.29, 1.82) is 0 Å². The van der Waals surface area contributed by atoms with E-state index in [1.54, 1.807) is 39.5 Å². The summed E-state index contributed by atoms with van der Waals surface area (Å²) in [7, 11) is 4.72. The number of ether oxygens (including phenoxy) is 3. The minimum atomic E-state index is -0.423. The highest BCUT2D eigenvalue weighted by Crippen LogP contribution is 2.31. The summed E-state index contributed by atoms with van der Waals surface area (Å²) in [6, 6.07) is 12.9. The molecule has 3 aromatic rings. The molecule has 0 aliphatic carbocycles. The zero-order chi connectivity index (χ0) is 19.9. The first-order valence-corrected chi connectivity index (χ1v) is 8.62. The fourth-order valence-electron chi connectivity index (χ4n) is 2.60. The first kappa shape index (κ1) is 19.2. The van der Waals surface area contributed by atoms with E-state index in [-0.39, 0.29) is 5.89 Å². The van der Waals surface area contributed by atoms with Crippen molar-refractivity contribution < 1.29 is 23.5 Å². The first-order chi connectivity index (χ1) is 13.6. The molecule has 28 heavy (non-hydrogen) atoms. The predicted octanol–water partition coefficient (Wildman–Crippen LogP) is 2.73. The molecule has 0 saturated carbocycles. The molecule has 1 N–H and O–H groups in total. The lowest BCUT2D eigenvalue weighted by Crippen LogP contribution is -2.26. The number of benzene rings is 2. The van der Waals surface area contributed by atoms with Gasteiger partial charge in [0.05, 0.1) is 21.3 Å². The van der Waals surface area contributed by atoms with Crippen LogP contribution in [0.15, 0.2) is 47.0 Å². The van der Waals surface area contributed by atoms with Crippen LogP contribution in [0.25, 0.3) is 11.4 Å². The van der Waals surface area contributed by atoms with Crippen LogP contribution in [-0.2, 0) is 6.42 Å². The largest absolute Gasteiger partial charge is 0.497 e. The molecule has 0 radical (unpaired) electrons. The summed E-state index contributed by atoms with van der Waals surface area (Å²) in [4.78, 5) is 16.4. The van der Waals surface area contributed by atoms with Gasteiger partial charge in [-0.25, -0.2) is 0 Å². The Morgan fingerprint density at radius 1 is 1.00 bits per heavy atom. The van der Waals surface area contributed by atoms with Gasteiger partial charge in [-0.2, -0.15) is 4.98 Å². The van der Waals surface area contributed by atoms with Crippen LogP contribution in [0.4, 0.5) is 0 Å². The maximum Gasteiger partial charge on any atom is 0.316 e. The van der Waals surface area contributed by atoms with E-state index in [0.717, 1.165) is 11.3 Å². The highest BCUT2D eigenvalue weighted by Gasteiger charge is 2.17. The van der Waals surface area contributed by atoms with Gasteiger partial charge < -0.3 is 24.1 Å². The molecule has 0 atom stereocenters. The molecule has 0 spiro atoms. The molecule has 8 heteroatoms. The predicted molar refractivity (Wildman–Crippen MR) is 102 cm³/mol. The monoisotopic (exact) mass is 383 g/mol.